The zero-order valence-corrected chi connectivity index (χ0v) is 10.3. The van der Waals surface area contributed by atoms with E-state index in [0.29, 0.717) is 0 Å². The van der Waals surface area contributed by atoms with Crippen LogP contribution in [0.5, 0.6) is 0 Å². The zero-order chi connectivity index (χ0) is 11.4. The van der Waals surface area contributed by atoms with Gasteiger partial charge in [0.25, 0.3) is 0 Å². The number of hydrogen-bond donors (Lipinski definition) is 1. The SMILES string of the molecule is Cc1cc(C)nc(CCC2CCNCC2)n1. The Balaban J connectivity index is 1.88. The van der Waals surface area contributed by atoms with Crippen molar-refractivity contribution < 1.29 is 0 Å². The molecule has 88 valence electrons. The van der Waals surface area contributed by atoms with Crippen LogP contribution in [0.2, 0.25) is 0 Å². The van der Waals surface area contributed by atoms with E-state index >= 15 is 0 Å². The predicted octanol–water partition coefficient (Wildman–Crippen LogP) is 2.03. The summed E-state index contributed by atoms with van der Waals surface area (Å²) in [6.45, 7) is 6.45. The Hall–Kier alpha value is -0.960. The molecule has 0 spiro atoms. The van der Waals surface area contributed by atoms with Gasteiger partial charge in [-0.3, -0.25) is 0 Å². The summed E-state index contributed by atoms with van der Waals surface area (Å²) in [5.41, 5.74) is 2.18. The number of hydrogen-bond acceptors (Lipinski definition) is 3. The molecule has 0 atom stereocenters. The summed E-state index contributed by atoms with van der Waals surface area (Å²) in [7, 11) is 0. The van der Waals surface area contributed by atoms with E-state index in [0.717, 1.165) is 29.6 Å². The second-order valence-corrected chi connectivity index (χ2v) is 4.80. The van der Waals surface area contributed by atoms with Gasteiger partial charge in [-0.05, 0) is 58.2 Å². The fraction of sp³-hybridized carbons (Fsp3) is 0.692. The maximum absolute atomic E-state index is 4.49. The summed E-state index contributed by atoms with van der Waals surface area (Å²) in [4.78, 5) is 8.98. The van der Waals surface area contributed by atoms with Crippen molar-refractivity contribution in [2.45, 2.75) is 39.5 Å². The molecule has 0 aromatic carbocycles. The highest BCUT2D eigenvalue weighted by molar-refractivity contribution is 5.08. The number of nitrogens with zero attached hydrogens (tertiary/aromatic N) is 2. The third-order valence-electron chi connectivity index (χ3n) is 3.26. The molecule has 1 aliphatic heterocycles. The molecular formula is C13H21N3. The van der Waals surface area contributed by atoms with Gasteiger partial charge in [-0.25, -0.2) is 9.97 Å². The molecule has 2 rings (SSSR count). The fourth-order valence-corrected chi connectivity index (χ4v) is 2.41. The molecular weight excluding hydrogens is 198 g/mol. The van der Waals surface area contributed by atoms with Crippen LogP contribution in [-0.4, -0.2) is 23.1 Å². The van der Waals surface area contributed by atoms with Crippen molar-refractivity contribution in [1.29, 1.82) is 0 Å². The molecule has 0 unspecified atom stereocenters. The molecule has 3 heteroatoms. The Bertz CT molecular complexity index is 323. The highest BCUT2D eigenvalue weighted by atomic mass is 14.9. The van der Waals surface area contributed by atoms with Gasteiger partial charge in [0, 0.05) is 17.8 Å². The van der Waals surface area contributed by atoms with Crippen LogP contribution >= 0.6 is 0 Å². The average Bonchev–Trinajstić information content (AvgIpc) is 2.27. The maximum atomic E-state index is 4.49. The molecule has 16 heavy (non-hydrogen) atoms. The first kappa shape index (κ1) is 11.5. The summed E-state index contributed by atoms with van der Waals surface area (Å²) in [5, 5.41) is 3.40. The van der Waals surface area contributed by atoms with E-state index < -0.39 is 0 Å². The van der Waals surface area contributed by atoms with E-state index in [4.69, 9.17) is 0 Å². The van der Waals surface area contributed by atoms with Crippen LogP contribution in [0.25, 0.3) is 0 Å². The van der Waals surface area contributed by atoms with Crippen LogP contribution in [-0.2, 0) is 6.42 Å². The monoisotopic (exact) mass is 219 g/mol. The Morgan fingerprint density at radius 1 is 1.19 bits per heavy atom. The third kappa shape index (κ3) is 3.27. The summed E-state index contributed by atoms with van der Waals surface area (Å²) in [5.74, 6) is 1.89. The van der Waals surface area contributed by atoms with Gasteiger partial charge in [-0.15, -0.1) is 0 Å². The van der Waals surface area contributed by atoms with Crippen molar-refractivity contribution >= 4 is 0 Å². The lowest BCUT2D eigenvalue weighted by atomic mass is 9.93. The Morgan fingerprint density at radius 2 is 1.81 bits per heavy atom. The van der Waals surface area contributed by atoms with Crippen molar-refractivity contribution in [1.82, 2.24) is 15.3 Å². The first-order valence-corrected chi connectivity index (χ1v) is 6.26. The minimum Gasteiger partial charge on any atom is -0.317 e. The average molecular weight is 219 g/mol. The van der Waals surface area contributed by atoms with Crippen LogP contribution in [0.3, 0.4) is 0 Å². The Labute approximate surface area is 97.7 Å². The highest BCUT2D eigenvalue weighted by Crippen LogP contribution is 2.17. The number of rotatable bonds is 3. The summed E-state index contributed by atoms with van der Waals surface area (Å²) in [6.07, 6.45) is 4.90. The molecule has 0 saturated carbocycles. The molecule has 0 bridgehead atoms. The Kier molecular flexibility index (Phi) is 3.88. The molecule has 1 N–H and O–H groups in total. The number of nitrogens with one attached hydrogen (secondary N) is 1. The van der Waals surface area contributed by atoms with E-state index in [1.807, 2.05) is 19.9 Å². The summed E-state index contributed by atoms with van der Waals surface area (Å²) in [6, 6.07) is 2.04. The molecule has 0 aliphatic carbocycles. The lowest BCUT2D eigenvalue weighted by Crippen LogP contribution is -2.28. The highest BCUT2D eigenvalue weighted by Gasteiger charge is 2.13. The van der Waals surface area contributed by atoms with Crippen molar-refractivity contribution in [3.63, 3.8) is 0 Å². The van der Waals surface area contributed by atoms with E-state index in [-0.39, 0.29) is 0 Å². The molecule has 1 saturated heterocycles. The minimum atomic E-state index is 0.866. The van der Waals surface area contributed by atoms with Crippen molar-refractivity contribution in [3.8, 4) is 0 Å². The van der Waals surface area contributed by atoms with Crippen LogP contribution in [0, 0.1) is 19.8 Å². The second kappa shape index (κ2) is 5.39. The van der Waals surface area contributed by atoms with Crippen molar-refractivity contribution in [3.05, 3.63) is 23.3 Å². The number of aromatic nitrogens is 2. The van der Waals surface area contributed by atoms with Gasteiger partial charge in [0.05, 0.1) is 0 Å². The van der Waals surface area contributed by atoms with E-state index in [1.165, 1.54) is 32.4 Å². The van der Waals surface area contributed by atoms with Crippen LogP contribution in [0.15, 0.2) is 6.07 Å². The van der Waals surface area contributed by atoms with Crippen LogP contribution < -0.4 is 5.32 Å². The van der Waals surface area contributed by atoms with Crippen molar-refractivity contribution in [2.24, 2.45) is 5.92 Å². The standard InChI is InChI=1S/C13H21N3/c1-10-9-11(2)16-13(15-10)4-3-12-5-7-14-8-6-12/h9,12,14H,3-8H2,1-2H3. The number of aryl methyl sites for hydroxylation is 3. The first-order chi connectivity index (χ1) is 7.74. The minimum absolute atomic E-state index is 0.866. The molecule has 0 amide bonds. The summed E-state index contributed by atoms with van der Waals surface area (Å²) < 4.78 is 0. The maximum Gasteiger partial charge on any atom is 0.128 e. The van der Waals surface area contributed by atoms with Gasteiger partial charge < -0.3 is 5.32 Å². The normalized spacial score (nSPS) is 17.6. The number of piperidine rings is 1. The van der Waals surface area contributed by atoms with Crippen molar-refractivity contribution in [2.75, 3.05) is 13.1 Å². The third-order valence-corrected chi connectivity index (χ3v) is 3.26. The zero-order valence-electron chi connectivity index (χ0n) is 10.3. The molecule has 0 radical (unpaired) electrons. The lowest BCUT2D eigenvalue weighted by molar-refractivity contribution is 0.352. The molecule has 2 heterocycles. The van der Waals surface area contributed by atoms with E-state index in [9.17, 15) is 0 Å². The van der Waals surface area contributed by atoms with Crippen LogP contribution in [0.1, 0.15) is 36.5 Å². The quantitative estimate of drug-likeness (QED) is 0.845. The second-order valence-electron chi connectivity index (χ2n) is 4.80. The molecule has 1 aromatic heterocycles. The van der Waals surface area contributed by atoms with E-state index in [2.05, 4.69) is 15.3 Å². The van der Waals surface area contributed by atoms with Gasteiger partial charge >= 0.3 is 0 Å². The first-order valence-electron chi connectivity index (χ1n) is 6.26. The smallest absolute Gasteiger partial charge is 0.128 e. The predicted molar refractivity (Wildman–Crippen MR) is 65.4 cm³/mol. The topological polar surface area (TPSA) is 37.8 Å². The van der Waals surface area contributed by atoms with Crippen LogP contribution in [0.4, 0.5) is 0 Å². The largest absolute Gasteiger partial charge is 0.317 e. The van der Waals surface area contributed by atoms with Gasteiger partial charge in [0.1, 0.15) is 5.82 Å². The fourth-order valence-electron chi connectivity index (χ4n) is 2.41. The Morgan fingerprint density at radius 3 is 2.44 bits per heavy atom. The molecule has 1 aromatic rings. The molecule has 3 nitrogen and oxygen atoms in total. The van der Waals surface area contributed by atoms with Gasteiger partial charge in [-0.1, -0.05) is 0 Å². The lowest BCUT2D eigenvalue weighted by Gasteiger charge is -2.22. The van der Waals surface area contributed by atoms with Gasteiger partial charge in [0.15, 0.2) is 0 Å². The molecule has 1 aliphatic rings. The van der Waals surface area contributed by atoms with E-state index in [1.54, 1.807) is 0 Å². The van der Waals surface area contributed by atoms with Gasteiger partial charge in [0.2, 0.25) is 0 Å². The van der Waals surface area contributed by atoms with Gasteiger partial charge in [-0.2, -0.15) is 0 Å². The summed E-state index contributed by atoms with van der Waals surface area (Å²) >= 11 is 0. The molecule has 1 fully saturated rings.